The third-order valence-electron chi connectivity index (χ3n) is 4.63. The molecule has 3 rings (SSSR count). The second-order valence-electron chi connectivity index (χ2n) is 6.72. The van der Waals surface area contributed by atoms with Crippen molar-refractivity contribution in [3.63, 3.8) is 0 Å². The maximum absolute atomic E-state index is 12.9. The standard InChI is InChI=1S/C21H23NO5/c1-14-8-9-17-16(12-14)21(25,13-15(2)23)20(24)22(17)10-11-27-19-7-5-4-6-18(19)26-3/h4-9,12,25H,10-11,13H2,1-3H3/t21-/m1/s1. The van der Waals surface area contributed by atoms with Crippen LogP contribution in [0.15, 0.2) is 42.5 Å². The fourth-order valence-corrected chi connectivity index (χ4v) is 3.40. The zero-order valence-electron chi connectivity index (χ0n) is 15.7. The number of hydrogen-bond donors (Lipinski definition) is 1. The van der Waals surface area contributed by atoms with Crippen LogP contribution in [0.4, 0.5) is 5.69 Å². The van der Waals surface area contributed by atoms with Crippen LogP contribution in [0.2, 0.25) is 0 Å². The average molecular weight is 369 g/mol. The number of Topliss-reactive ketones (excluding diaryl/α,β-unsaturated/α-hetero) is 1. The Hall–Kier alpha value is -2.86. The maximum Gasteiger partial charge on any atom is 0.264 e. The summed E-state index contributed by atoms with van der Waals surface area (Å²) in [6, 6.07) is 12.7. The predicted molar refractivity (Wildman–Crippen MR) is 101 cm³/mol. The Labute approximate surface area is 158 Å². The van der Waals surface area contributed by atoms with Gasteiger partial charge in [-0.25, -0.2) is 0 Å². The predicted octanol–water partition coefficient (Wildman–Crippen LogP) is 2.60. The number of ether oxygens (including phenoxy) is 2. The molecule has 0 bridgehead atoms. The molecule has 0 aromatic heterocycles. The van der Waals surface area contributed by atoms with E-state index in [1.807, 2.05) is 25.1 Å². The van der Waals surface area contributed by atoms with Crippen molar-refractivity contribution in [2.24, 2.45) is 0 Å². The molecule has 0 unspecified atom stereocenters. The maximum atomic E-state index is 12.9. The number of fused-ring (bicyclic) bond motifs is 1. The van der Waals surface area contributed by atoms with Crippen molar-refractivity contribution in [1.82, 2.24) is 0 Å². The van der Waals surface area contributed by atoms with E-state index in [4.69, 9.17) is 9.47 Å². The molecule has 6 heteroatoms. The SMILES string of the molecule is COc1ccccc1OCCN1C(=O)[C@@](O)(CC(C)=O)c2cc(C)ccc21. The first-order chi connectivity index (χ1) is 12.9. The van der Waals surface area contributed by atoms with Crippen LogP contribution in [0.1, 0.15) is 24.5 Å². The van der Waals surface area contributed by atoms with Crippen molar-refractivity contribution < 1.29 is 24.2 Å². The zero-order valence-corrected chi connectivity index (χ0v) is 15.7. The van der Waals surface area contributed by atoms with E-state index in [1.54, 1.807) is 31.4 Å². The van der Waals surface area contributed by atoms with Gasteiger partial charge in [-0.05, 0) is 32.0 Å². The number of benzene rings is 2. The molecule has 1 aliphatic heterocycles. The Morgan fingerprint density at radius 3 is 2.56 bits per heavy atom. The van der Waals surface area contributed by atoms with Crippen molar-refractivity contribution in [2.75, 3.05) is 25.2 Å². The third kappa shape index (κ3) is 3.53. The summed E-state index contributed by atoms with van der Waals surface area (Å²) in [7, 11) is 1.56. The second kappa shape index (κ2) is 7.40. The molecule has 1 amide bonds. The number of ketones is 1. The fraction of sp³-hybridized carbons (Fsp3) is 0.333. The third-order valence-corrected chi connectivity index (χ3v) is 4.63. The lowest BCUT2D eigenvalue weighted by atomic mass is 9.89. The van der Waals surface area contributed by atoms with Gasteiger partial charge < -0.3 is 19.5 Å². The van der Waals surface area contributed by atoms with Crippen LogP contribution in [-0.4, -0.2) is 37.1 Å². The summed E-state index contributed by atoms with van der Waals surface area (Å²) in [6.45, 7) is 3.71. The molecule has 0 aliphatic carbocycles. The summed E-state index contributed by atoms with van der Waals surface area (Å²) in [5.41, 5.74) is 0.172. The fourth-order valence-electron chi connectivity index (χ4n) is 3.40. The van der Waals surface area contributed by atoms with Gasteiger partial charge in [-0.15, -0.1) is 0 Å². The first-order valence-corrected chi connectivity index (χ1v) is 8.77. The Balaban J connectivity index is 1.82. The summed E-state index contributed by atoms with van der Waals surface area (Å²) in [4.78, 5) is 26.1. The van der Waals surface area contributed by atoms with Crippen LogP contribution in [0.25, 0.3) is 0 Å². The Morgan fingerprint density at radius 2 is 1.89 bits per heavy atom. The molecule has 0 fully saturated rings. The highest BCUT2D eigenvalue weighted by Crippen LogP contribution is 2.42. The van der Waals surface area contributed by atoms with Crippen molar-refractivity contribution in [1.29, 1.82) is 0 Å². The van der Waals surface area contributed by atoms with Crippen LogP contribution in [-0.2, 0) is 15.2 Å². The molecule has 1 N–H and O–H groups in total. The highest BCUT2D eigenvalue weighted by Gasteiger charge is 2.50. The van der Waals surface area contributed by atoms with E-state index >= 15 is 0 Å². The number of carbonyl (C=O) groups excluding carboxylic acids is 2. The van der Waals surface area contributed by atoms with Crippen LogP contribution in [0.3, 0.4) is 0 Å². The largest absolute Gasteiger partial charge is 0.493 e. The summed E-state index contributed by atoms with van der Waals surface area (Å²) >= 11 is 0. The molecule has 1 aliphatic rings. The number of aliphatic hydroxyl groups is 1. The minimum absolute atomic E-state index is 0.218. The zero-order chi connectivity index (χ0) is 19.6. The van der Waals surface area contributed by atoms with Gasteiger partial charge in [-0.1, -0.05) is 29.8 Å². The number of aryl methyl sites for hydroxylation is 1. The first-order valence-electron chi connectivity index (χ1n) is 8.77. The van der Waals surface area contributed by atoms with E-state index in [0.29, 0.717) is 22.7 Å². The molecule has 142 valence electrons. The van der Waals surface area contributed by atoms with Crippen molar-refractivity contribution >= 4 is 17.4 Å². The van der Waals surface area contributed by atoms with Gasteiger partial charge >= 0.3 is 0 Å². The molecule has 0 saturated carbocycles. The van der Waals surface area contributed by atoms with Gasteiger partial charge in [-0.2, -0.15) is 0 Å². The Bertz CT molecular complexity index is 879. The lowest BCUT2D eigenvalue weighted by Gasteiger charge is -2.22. The lowest BCUT2D eigenvalue weighted by Crippen LogP contribution is -2.43. The molecule has 2 aromatic rings. The molecular formula is C21H23NO5. The van der Waals surface area contributed by atoms with Gasteiger partial charge in [0.05, 0.1) is 19.3 Å². The van der Waals surface area contributed by atoms with E-state index in [1.165, 1.54) is 11.8 Å². The number of methoxy groups -OCH3 is 1. The smallest absolute Gasteiger partial charge is 0.264 e. The molecule has 0 radical (unpaired) electrons. The van der Waals surface area contributed by atoms with Crippen molar-refractivity contribution in [3.8, 4) is 11.5 Å². The first kappa shape index (κ1) is 18.9. The number of carbonyl (C=O) groups is 2. The Morgan fingerprint density at radius 1 is 1.19 bits per heavy atom. The van der Waals surface area contributed by atoms with Crippen LogP contribution < -0.4 is 14.4 Å². The quantitative estimate of drug-likeness (QED) is 0.812. The monoisotopic (exact) mass is 369 g/mol. The highest BCUT2D eigenvalue weighted by atomic mass is 16.5. The number of anilines is 1. The van der Waals surface area contributed by atoms with Gasteiger partial charge in [0.1, 0.15) is 12.4 Å². The molecule has 1 atom stereocenters. The number of nitrogens with zero attached hydrogens (tertiary/aromatic N) is 1. The minimum atomic E-state index is -1.82. The van der Waals surface area contributed by atoms with Crippen LogP contribution >= 0.6 is 0 Å². The number of rotatable bonds is 7. The number of hydrogen-bond acceptors (Lipinski definition) is 5. The average Bonchev–Trinajstić information content (AvgIpc) is 2.83. The molecule has 0 saturated heterocycles. The van der Waals surface area contributed by atoms with E-state index in [0.717, 1.165) is 5.56 Å². The van der Waals surface area contributed by atoms with Gasteiger partial charge in [-0.3, -0.25) is 9.59 Å². The Kier molecular flexibility index (Phi) is 5.19. The van der Waals surface area contributed by atoms with Crippen molar-refractivity contribution in [2.45, 2.75) is 25.9 Å². The van der Waals surface area contributed by atoms with Crippen molar-refractivity contribution in [3.05, 3.63) is 53.6 Å². The molecule has 0 spiro atoms. The summed E-state index contributed by atoms with van der Waals surface area (Å²) in [6.07, 6.45) is -0.244. The normalized spacial score (nSPS) is 18.4. The van der Waals surface area contributed by atoms with Crippen LogP contribution in [0.5, 0.6) is 11.5 Å². The summed E-state index contributed by atoms with van der Waals surface area (Å²) in [5.74, 6) is 0.441. The molecule has 6 nitrogen and oxygen atoms in total. The lowest BCUT2D eigenvalue weighted by molar-refractivity contribution is -0.141. The van der Waals surface area contributed by atoms with E-state index < -0.39 is 11.5 Å². The van der Waals surface area contributed by atoms with Gasteiger partial charge in [0.25, 0.3) is 5.91 Å². The van der Waals surface area contributed by atoms with Gasteiger partial charge in [0, 0.05) is 12.0 Å². The number of amides is 1. The molecule has 27 heavy (non-hydrogen) atoms. The number of para-hydroxylation sites is 2. The topological polar surface area (TPSA) is 76.1 Å². The minimum Gasteiger partial charge on any atom is -0.493 e. The highest BCUT2D eigenvalue weighted by molar-refractivity contribution is 6.08. The van der Waals surface area contributed by atoms with E-state index in [-0.39, 0.29) is 25.4 Å². The van der Waals surface area contributed by atoms with E-state index in [9.17, 15) is 14.7 Å². The van der Waals surface area contributed by atoms with Crippen LogP contribution in [0, 0.1) is 6.92 Å². The molecule has 1 heterocycles. The van der Waals surface area contributed by atoms with Gasteiger partial charge in [0.2, 0.25) is 0 Å². The molecule has 2 aromatic carbocycles. The molecular weight excluding hydrogens is 346 g/mol. The van der Waals surface area contributed by atoms with Gasteiger partial charge in [0.15, 0.2) is 17.1 Å². The second-order valence-corrected chi connectivity index (χ2v) is 6.72. The van der Waals surface area contributed by atoms with E-state index in [2.05, 4.69) is 0 Å². The summed E-state index contributed by atoms with van der Waals surface area (Å²) in [5, 5.41) is 11.0. The summed E-state index contributed by atoms with van der Waals surface area (Å²) < 4.78 is 11.0.